The Balaban J connectivity index is 1.57. The van der Waals surface area contributed by atoms with E-state index in [2.05, 4.69) is 10.2 Å². The first-order valence-corrected chi connectivity index (χ1v) is 8.24. The average Bonchev–Trinajstić information content (AvgIpc) is 2.62. The number of hydrogen-bond acceptors (Lipinski definition) is 3. The number of halogens is 1. The van der Waals surface area contributed by atoms with Gasteiger partial charge in [-0.05, 0) is 49.6 Å². The molecule has 1 N–H and O–H groups in total. The van der Waals surface area contributed by atoms with Crippen LogP contribution in [0.5, 0.6) is 5.75 Å². The summed E-state index contributed by atoms with van der Waals surface area (Å²) in [6, 6.07) is 13.9. The monoisotopic (exact) mass is 328 g/mol. The van der Waals surface area contributed by atoms with Crippen LogP contribution in [-0.2, 0) is 4.79 Å². The second-order valence-electron chi connectivity index (χ2n) is 5.86. The normalized spacial score (nSPS) is 14.3. The van der Waals surface area contributed by atoms with Gasteiger partial charge in [-0.15, -0.1) is 0 Å². The highest BCUT2D eigenvalue weighted by Gasteiger charge is 2.15. The van der Waals surface area contributed by atoms with E-state index in [1.807, 2.05) is 18.2 Å². The lowest BCUT2D eigenvalue weighted by atomic mass is 10.1. The van der Waals surface area contributed by atoms with Crippen LogP contribution in [0.4, 0.5) is 15.8 Å². The van der Waals surface area contributed by atoms with Crippen LogP contribution in [0.25, 0.3) is 0 Å². The van der Waals surface area contributed by atoms with Crippen LogP contribution < -0.4 is 15.0 Å². The Morgan fingerprint density at radius 2 is 1.83 bits per heavy atom. The maximum absolute atomic E-state index is 14.3. The van der Waals surface area contributed by atoms with Crippen molar-refractivity contribution in [1.82, 2.24) is 0 Å². The molecule has 1 fully saturated rings. The fourth-order valence-corrected chi connectivity index (χ4v) is 2.84. The minimum absolute atomic E-state index is 0.112. The van der Waals surface area contributed by atoms with Gasteiger partial charge < -0.3 is 15.0 Å². The number of ether oxygens (including phenoxy) is 1. The van der Waals surface area contributed by atoms with E-state index in [1.54, 1.807) is 24.3 Å². The third-order valence-corrected chi connectivity index (χ3v) is 4.04. The zero-order valence-corrected chi connectivity index (χ0v) is 13.5. The number of anilines is 2. The maximum atomic E-state index is 14.3. The summed E-state index contributed by atoms with van der Waals surface area (Å²) in [5.41, 5.74) is 1.04. The summed E-state index contributed by atoms with van der Waals surface area (Å²) in [6.07, 6.45) is 3.39. The van der Waals surface area contributed by atoms with Crippen molar-refractivity contribution in [2.24, 2.45) is 0 Å². The summed E-state index contributed by atoms with van der Waals surface area (Å²) in [7, 11) is 0. The number of hydrogen-bond donors (Lipinski definition) is 1. The molecule has 0 radical (unpaired) electrons. The van der Waals surface area contributed by atoms with Gasteiger partial charge in [0.1, 0.15) is 11.6 Å². The number of carbonyl (C=O) groups excluding carboxylic acids is 1. The van der Waals surface area contributed by atoms with Crippen molar-refractivity contribution in [2.75, 3.05) is 29.9 Å². The van der Waals surface area contributed by atoms with Gasteiger partial charge in [0.05, 0.1) is 5.69 Å². The fraction of sp³-hybridized carbons (Fsp3) is 0.316. The van der Waals surface area contributed by atoms with Crippen LogP contribution in [0.1, 0.15) is 19.3 Å². The third-order valence-electron chi connectivity index (χ3n) is 4.04. The molecule has 1 saturated heterocycles. The fourth-order valence-electron chi connectivity index (χ4n) is 2.84. The number of nitrogens with zero attached hydrogens (tertiary/aromatic N) is 1. The van der Waals surface area contributed by atoms with E-state index in [9.17, 15) is 9.18 Å². The van der Waals surface area contributed by atoms with Crippen LogP contribution in [-0.4, -0.2) is 25.6 Å². The van der Waals surface area contributed by atoms with Gasteiger partial charge in [0.2, 0.25) is 0 Å². The highest BCUT2D eigenvalue weighted by Crippen LogP contribution is 2.25. The molecule has 1 aliphatic heterocycles. The number of piperidine rings is 1. The molecule has 1 aliphatic rings. The molecule has 2 aromatic rings. The predicted octanol–water partition coefficient (Wildman–Crippen LogP) is 3.83. The lowest BCUT2D eigenvalue weighted by Gasteiger charge is -2.29. The van der Waals surface area contributed by atoms with Crippen molar-refractivity contribution < 1.29 is 13.9 Å². The van der Waals surface area contributed by atoms with Crippen LogP contribution in [0.2, 0.25) is 0 Å². The predicted molar refractivity (Wildman–Crippen MR) is 93.0 cm³/mol. The van der Waals surface area contributed by atoms with Crippen molar-refractivity contribution in [3.8, 4) is 5.75 Å². The van der Waals surface area contributed by atoms with Crippen molar-refractivity contribution in [3.63, 3.8) is 0 Å². The summed E-state index contributed by atoms with van der Waals surface area (Å²) in [5, 5.41) is 2.66. The van der Waals surface area contributed by atoms with Crippen LogP contribution in [0, 0.1) is 5.82 Å². The first-order chi connectivity index (χ1) is 11.7. The Labute approximate surface area is 141 Å². The standard InChI is InChI=1S/C19H21FN2O2/c20-17-13-15(9-10-18(17)22-11-5-2-6-12-22)21-19(23)14-24-16-7-3-1-4-8-16/h1,3-4,7-10,13H,2,5-6,11-12,14H2,(H,21,23). The third kappa shape index (κ3) is 4.25. The smallest absolute Gasteiger partial charge is 0.262 e. The molecule has 5 heteroatoms. The summed E-state index contributed by atoms with van der Waals surface area (Å²) in [5.74, 6) is 0.00179. The summed E-state index contributed by atoms with van der Waals surface area (Å²) >= 11 is 0. The average molecular weight is 328 g/mol. The quantitative estimate of drug-likeness (QED) is 0.907. The number of carbonyl (C=O) groups is 1. The lowest BCUT2D eigenvalue weighted by Crippen LogP contribution is -2.30. The first kappa shape index (κ1) is 16.3. The van der Waals surface area contributed by atoms with Crippen LogP contribution in [0.15, 0.2) is 48.5 Å². The minimum atomic E-state index is -0.316. The second kappa shape index (κ2) is 7.81. The molecule has 0 aliphatic carbocycles. The Hall–Kier alpha value is -2.56. The second-order valence-corrected chi connectivity index (χ2v) is 5.86. The van der Waals surface area contributed by atoms with Gasteiger partial charge in [0.15, 0.2) is 6.61 Å². The van der Waals surface area contributed by atoms with Crippen molar-refractivity contribution in [2.45, 2.75) is 19.3 Å². The van der Waals surface area contributed by atoms with Gasteiger partial charge >= 0.3 is 0 Å². The molecule has 1 amide bonds. The maximum Gasteiger partial charge on any atom is 0.262 e. The van der Waals surface area contributed by atoms with Gasteiger partial charge in [-0.2, -0.15) is 0 Å². The summed E-state index contributed by atoms with van der Waals surface area (Å²) < 4.78 is 19.7. The van der Waals surface area contributed by atoms with E-state index in [1.165, 1.54) is 12.5 Å². The Kier molecular flexibility index (Phi) is 5.31. The molecular formula is C19H21FN2O2. The topological polar surface area (TPSA) is 41.6 Å². The van der Waals surface area contributed by atoms with E-state index in [0.717, 1.165) is 25.9 Å². The molecule has 0 atom stereocenters. The molecule has 2 aromatic carbocycles. The zero-order chi connectivity index (χ0) is 16.8. The van der Waals surface area contributed by atoms with E-state index >= 15 is 0 Å². The molecule has 3 rings (SSSR count). The molecular weight excluding hydrogens is 307 g/mol. The van der Waals surface area contributed by atoms with Crippen LogP contribution >= 0.6 is 0 Å². The molecule has 0 saturated carbocycles. The van der Waals surface area contributed by atoms with E-state index in [0.29, 0.717) is 17.1 Å². The Bertz CT molecular complexity index is 685. The largest absolute Gasteiger partial charge is 0.484 e. The molecule has 0 unspecified atom stereocenters. The van der Waals surface area contributed by atoms with E-state index in [4.69, 9.17) is 4.74 Å². The lowest BCUT2D eigenvalue weighted by molar-refractivity contribution is -0.118. The van der Waals surface area contributed by atoms with Crippen molar-refractivity contribution in [3.05, 3.63) is 54.3 Å². The Morgan fingerprint density at radius 3 is 2.54 bits per heavy atom. The van der Waals surface area contributed by atoms with Crippen molar-refractivity contribution >= 4 is 17.3 Å². The molecule has 4 nitrogen and oxygen atoms in total. The van der Waals surface area contributed by atoms with Gasteiger partial charge in [-0.25, -0.2) is 4.39 Å². The minimum Gasteiger partial charge on any atom is -0.484 e. The number of benzene rings is 2. The Morgan fingerprint density at radius 1 is 1.08 bits per heavy atom. The van der Waals surface area contributed by atoms with Crippen LogP contribution in [0.3, 0.4) is 0 Å². The SMILES string of the molecule is O=C(COc1ccccc1)Nc1ccc(N2CCCCC2)c(F)c1. The number of amides is 1. The summed E-state index contributed by atoms with van der Waals surface area (Å²) in [6.45, 7) is 1.65. The highest BCUT2D eigenvalue weighted by molar-refractivity contribution is 5.92. The first-order valence-electron chi connectivity index (χ1n) is 8.24. The summed E-state index contributed by atoms with van der Waals surface area (Å²) in [4.78, 5) is 14.0. The van der Waals surface area contributed by atoms with E-state index in [-0.39, 0.29) is 18.3 Å². The van der Waals surface area contributed by atoms with E-state index < -0.39 is 0 Å². The molecule has 0 bridgehead atoms. The number of rotatable bonds is 5. The van der Waals surface area contributed by atoms with Gasteiger partial charge in [0, 0.05) is 18.8 Å². The van der Waals surface area contributed by atoms with Gasteiger partial charge in [0.25, 0.3) is 5.91 Å². The highest BCUT2D eigenvalue weighted by atomic mass is 19.1. The number of nitrogens with one attached hydrogen (secondary N) is 1. The molecule has 24 heavy (non-hydrogen) atoms. The molecule has 0 spiro atoms. The van der Waals surface area contributed by atoms with Gasteiger partial charge in [-0.1, -0.05) is 18.2 Å². The van der Waals surface area contributed by atoms with Crippen molar-refractivity contribution in [1.29, 1.82) is 0 Å². The molecule has 126 valence electrons. The zero-order valence-electron chi connectivity index (χ0n) is 13.5. The number of para-hydroxylation sites is 1. The molecule has 1 heterocycles. The van der Waals surface area contributed by atoms with Gasteiger partial charge in [-0.3, -0.25) is 4.79 Å². The molecule has 0 aromatic heterocycles.